The molecule has 0 saturated heterocycles. The third kappa shape index (κ3) is 3.61. The summed E-state index contributed by atoms with van der Waals surface area (Å²) in [6.45, 7) is 2.08. The molecule has 0 bridgehead atoms. The molecule has 1 aromatic carbocycles. The Morgan fingerprint density at radius 2 is 2.00 bits per heavy atom. The summed E-state index contributed by atoms with van der Waals surface area (Å²) in [6.07, 6.45) is 0. The summed E-state index contributed by atoms with van der Waals surface area (Å²) >= 11 is 3.24. The summed E-state index contributed by atoms with van der Waals surface area (Å²) in [4.78, 5) is 4.51. The van der Waals surface area contributed by atoms with Crippen LogP contribution in [0.25, 0.3) is 0 Å². The van der Waals surface area contributed by atoms with Crippen LogP contribution in [0, 0.1) is 6.92 Å². The van der Waals surface area contributed by atoms with Crippen molar-refractivity contribution in [2.45, 2.75) is 18.4 Å². The molecular formula is C14H16BrN3O2S. The Hall–Kier alpha value is -1.44. The predicted molar refractivity (Wildman–Crippen MR) is 86.2 cm³/mol. The first kappa shape index (κ1) is 15.9. The number of nitrogens with zero attached hydrogens (tertiary/aromatic N) is 2. The van der Waals surface area contributed by atoms with Gasteiger partial charge in [0.25, 0.3) is 0 Å². The number of halogens is 1. The van der Waals surface area contributed by atoms with Gasteiger partial charge in [-0.15, -0.1) is 0 Å². The van der Waals surface area contributed by atoms with E-state index in [2.05, 4.69) is 20.9 Å². The van der Waals surface area contributed by atoms with E-state index in [-0.39, 0.29) is 11.4 Å². The molecule has 0 amide bonds. The third-order valence-electron chi connectivity index (χ3n) is 3.01. The molecule has 0 aliphatic carbocycles. The molecule has 0 aliphatic heterocycles. The first-order valence-corrected chi connectivity index (χ1v) is 8.48. The number of benzene rings is 1. The largest absolute Gasteiger partial charge is 0.398 e. The number of sulfonamides is 1. The fourth-order valence-electron chi connectivity index (χ4n) is 1.85. The number of hydrogen-bond acceptors (Lipinski definition) is 4. The van der Waals surface area contributed by atoms with Gasteiger partial charge >= 0.3 is 0 Å². The van der Waals surface area contributed by atoms with E-state index < -0.39 is 10.0 Å². The zero-order valence-corrected chi connectivity index (χ0v) is 14.1. The highest BCUT2D eigenvalue weighted by Gasteiger charge is 2.22. The second-order valence-electron chi connectivity index (χ2n) is 4.71. The minimum atomic E-state index is -3.58. The molecule has 1 aromatic heterocycles. The number of pyridine rings is 1. The number of hydrogen-bond donors (Lipinski definition) is 1. The SMILES string of the molecule is Cc1cccc(CN(C)S(=O)(=O)c2ccc(N)c(Br)c2)n1. The highest BCUT2D eigenvalue weighted by atomic mass is 79.9. The molecule has 21 heavy (non-hydrogen) atoms. The zero-order valence-electron chi connectivity index (χ0n) is 11.7. The normalized spacial score (nSPS) is 11.8. The maximum Gasteiger partial charge on any atom is 0.243 e. The van der Waals surface area contributed by atoms with E-state index >= 15 is 0 Å². The van der Waals surface area contributed by atoms with Gasteiger partial charge in [0.1, 0.15) is 0 Å². The van der Waals surface area contributed by atoms with E-state index in [9.17, 15) is 8.42 Å². The summed E-state index contributed by atoms with van der Waals surface area (Å²) in [5, 5.41) is 0. The van der Waals surface area contributed by atoms with Crippen molar-refractivity contribution in [1.29, 1.82) is 0 Å². The molecule has 2 N–H and O–H groups in total. The van der Waals surface area contributed by atoms with Crippen LogP contribution in [-0.4, -0.2) is 24.8 Å². The Kier molecular flexibility index (Phi) is 4.65. The minimum Gasteiger partial charge on any atom is -0.398 e. The molecular weight excluding hydrogens is 354 g/mol. The van der Waals surface area contributed by atoms with Gasteiger partial charge in [-0.1, -0.05) is 6.07 Å². The molecule has 7 heteroatoms. The maximum atomic E-state index is 12.5. The molecule has 0 radical (unpaired) electrons. The van der Waals surface area contributed by atoms with Crippen molar-refractivity contribution in [3.63, 3.8) is 0 Å². The van der Waals surface area contributed by atoms with Crippen molar-refractivity contribution in [1.82, 2.24) is 9.29 Å². The van der Waals surface area contributed by atoms with E-state index in [1.54, 1.807) is 12.1 Å². The fourth-order valence-corrected chi connectivity index (χ4v) is 3.55. The van der Waals surface area contributed by atoms with Gasteiger partial charge in [-0.05, 0) is 53.2 Å². The van der Waals surface area contributed by atoms with E-state index in [0.717, 1.165) is 5.69 Å². The van der Waals surface area contributed by atoms with Crippen LogP contribution in [0.1, 0.15) is 11.4 Å². The van der Waals surface area contributed by atoms with Crippen LogP contribution in [0.5, 0.6) is 0 Å². The topological polar surface area (TPSA) is 76.3 Å². The average Bonchev–Trinajstić information content (AvgIpc) is 2.41. The molecule has 0 saturated carbocycles. The molecule has 0 aliphatic rings. The fraction of sp³-hybridized carbons (Fsp3) is 0.214. The minimum absolute atomic E-state index is 0.193. The summed E-state index contributed by atoms with van der Waals surface area (Å²) in [5.41, 5.74) is 7.74. The van der Waals surface area contributed by atoms with Crippen molar-refractivity contribution in [2.24, 2.45) is 0 Å². The van der Waals surface area contributed by atoms with E-state index in [1.807, 2.05) is 19.1 Å². The maximum absolute atomic E-state index is 12.5. The lowest BCUT2D eigenvalue weighted by Gasteiger charge is -2.17. The van der Waals surface area contributed by atoms with Crippen LogP contribution in [0.2, 0.25) is 0 Å². The van der Waals surface area contributed by atoms with Crippen molar-refractivity contribution in [3.8, 4) is 0 Å². The van der Waals surface area contributed by atoms with Crippen molar-refractivity contribution in [3.05, 3.63) is 52.3 Å². The standard InChI is InChI=1S/C14H16BrN3O2S/c1-10-4-3-5-11(17-10)9-18(2)21(19,20)12-6-7-14(16)13(15)8-12/h3-8H,9,16H2,1-2H3. The predicted octanol–water partition coefficient (Wildman–Crippen LogP) is 2.56. The molecule has 0 fully saturated rings. The van der Waals surface area contributed by atoms with Crippen LogP contribution in [-0.2, 0) is 16.6 Å². The van der Waals surface area contributed by atoms with E-state index in [1.165, 1.54) is 23.5 Å². The van der Waals surface area contributed by atoms with Crippen LogP contribution in [0.3, 0.4) is 0 Å². The van der Waals surface area contributed by atoms with Gasteiger partial charge in [0.15, 0.2) is 0 Å². The van der Waals surface area contributed by atoms with Crippen LogP contribution in [0.15, 0.2) is 45.8 Å². The smallest absolute Gasteiger partial charge is 0.243 e. The first-order chi connectivity index (χ1) is 9.80. The van der Waals surface area contributed by atoms with E-state index in [4.69, 9.17) is 5.73 Å². The Bertz CT molecular complexity index is 763. The highest BCUT2D eigenvalue weighted by Crippen LogP contribution is 2.25. The Labute approximate surface area is 133 Å². The van der Waals surface area contributed by atoms with Crippen LogP contribution >= 0.6 is 15.9 Å². The summed E-state index contributed by atoms with van der Waals surface area (Å²) in [6, 6.07) is 10.1. The van der Waals surface area contributed by atoms with E-state index in [0.29, 0.717) is 15.9 Å². The van der Waals surface area contributed by atoms with Gasteiger partial charge in [0.2, 0.25) is 10.0 Å². The van der Waals surface area contributed by atoms with Crippen molar-refractivity contribution in [2.75, 3.05) is 12.8 Å². The molecule has 1 heterocycles. The third-order valence-corrected chi connectivity index (χ3v) is 5.50. The van der Waals surface area contributed by atoms with Crippen LogP contribution < -0.4 is 5.73 Å². The number of aromatic nitrogens is 1. The second kappa shape index (κ2) is 6.13. The molecule has 0 unspecified atom stereocenters. The lowest BCUT2D eigenvalue weighted by molar-refractivity contribution is 0.462. The van der Waals surface area contributed by atoms with Gasteiger partial charge in [-0.2, -0.15) is 4.31 Å². The van der Waals surface area contributed by atoms with Crippen molar-refractivity contribution < 1.29 is 8.42 Å². The molecule has 2 rings (SSSR count). The molecule has 112 valence electrons. The molecule has 5 nitrogen and oxygen atoms in total. The summed E-state index contributed by atoms with van der Waals surface area (Å²) in [7, 11) is -2.05. The van der Waals surface area contributed by atoms with Gasteiger partial charge < -0.3 is 5.73 Å². The highest BCUT2D eigenvalue weighted by molar-refractivity contribution is 9.10. The Morgan fingerprint density at radius 1 is 1.29 bits per heavy atom. The molecule has 2 aromatic rings. The van der Waals surface area contributed by atoms with Crippen molar-refractivity contribution >= 4 is 31.6 Å². The zero-order chi connectivity index (χ0) is 15.6. The summed E-state index contributed by atoms with van der Waals surface area (Å²) < 4.78 is 26.9. The monoisotopic (exact) mass is 369 g/mol. The van der Waals surface area contributed by atoms with Crippen LogP contribution in [0.4, 0.5) is 5.69 Å². The number of nitrogen functional groups attached to an aromatic ring is 1. The lowest BCUT2D eigenvalue weighted by Crippen LogP contribution is -2.27. The van der Waals surface area contributed by atoms with Gasteiger partial charge in [0.05, 0.1) is 17.1 Å². The summed E-state index contributed by atoms with van der Waals surface area (Å²) in [5.74, 6) is 0. The quantitative estimate of drug-likeness (QED) is 0.840. The molecule has 0 atom stereocenters. The van der Waals surface area contributed by atoms with Gasteiger partial charge in [-0.3, -0.25) is 4.98 Å². The number of anilines is 1. The Morgan fingerprint density at radius 3 is 2.62 bits per heavy atom. The number of nitrogens with two attached hydrogens (primary N) is 1. The van der Waals surface area contributed by atoms with Gasteiger partial charge in [0, 0.05) is 22.9 Å². The van der Waals surface area contributed by atoms with Gasteiger partial charge in [-0.25, -0.2) is 8.42 Å². The lowest BCUT2D eigenvalue weighted by atomic mass is 10.3. The molecule has 0 spiro atoms. The first-order valence-electron chi connectivity index (χ1n) is 6.24. The average molecular weight is 370 g/mol. The second-order valence-corrected chi connectivity index (χ2v) is 7.61. The number of aryl methyl sites for hydroxylation is 1. The number of rotatable bonds is 4. The Balaban J connectivity index is 2.28.